The van der Waals surface area contributed by atoms with Crippen molar-refractivity contribution in [3.8, 4) is 16.9 Å². The van der Waals surface area contributed by atoms with Gasteiger partial charge in [0.1, 0.15) is 11.6 Å². The number of rotatable bonds is 9. The molecular formula is C30H31FN2O5S. The normalized spacial score (nSPS) is 20.2. The lowest BCUT2D eigenvalue weighted by Gasteiger charge is -2.19. The van der Waals surface area contributed by atoms with Crippen LogP contribution in [0.5, 0.6) is 5.75 Å². The summed E-state index contributed by atoms with van der Waals surface area (Å²) in [6.45, 7) is 3.97. The first-order valence-electron chi connectivity index (χ1n) is 12.9. The molecule has 1 heterocycles. The number of anilines is 1. The van der Waals surface area contributed by atoms with Crippen molar-refractivity contribution in [1.82, 2.24) is 4.98 Å². The van der Waals surface area contributed by atoms with Gasteiger partial charge in [-0.25, -0.2) is 12.8 Å². The SMILES string of the molecule is Cc1cc(O/C=C/CS(C)(=O)=O)cc(C)c1-c1ccc(F)c2c1CCC2Nc1ccc(C2C[C@@H]2C(=O)O)nc1. The highest BCUT2D eigenvalue weighted by atomic mass is 32.2. The fourth-order valence-electron chi connectivity index (χ4n) is 5.56. The highest BCUT2D eigenvalue weighted by molar-refractivity contribution is 7.90. The van der Waals surface area contributed by atoms with Gasteiger partial charge in [-0.15, -0.1) is 0 Å². The van der Waals surface area contributed by atoms with Crippen LogP contribution in [0.25, 0.3) is 11.1 Å². The van der Waals surface area contributed by atoms with E-state index < -0.39 is 15.8 Å². The van der Waals surface area contributed by atoms with Crippen molar-refractivity contribution in [2.75, 3.05) is 17.3 Å². The van der Waals surface area contributed by atoms with Gasteiger partial charge in [-0.2, -0.15) is 0 Å². The molecule has 204 valence electrons. The number of aliphatic carboxylic acids is 1. The molecule has 1 saturated carbocycles. The minimum Gasteiger partial charge on any atom is -0.481 e. The van der Waals surface area contributed by atoms with Crippen LogP contribution in [-0.2, 0) is 21.1 Å². The molecule has 39 heavy (non-hydrogen) atoms. The molecule has 2 aliphatic rings. The molecule has 2 unspecified atom stereocenters. The second-order valence-corrected chi connectivity index (χ2v) is 12.7. The van der Waals surface area contributed by atoms with Gasteiger partial charge in [-0.1, -0.05) is 6.07 Å². The van der Waals surface area contributed by atoms with Crippen LogP contribution in [0.3, 0.4) is 0 Å². The standard InChI is InChI=1S/C30H31FN2O5S/c1-17-13-20(38-11-4-12-39(3,36)37)14-18(2)28(17)21-6-8-25(31)29-22(21)7-10-27(29)33-19-5-9-26(32-16-19)23-15-24(23)30(34)35/h4-6,8-9,11,13-14,16,23-24,27,33H,7,10,12,15H2,1-3H3,(H,34,35)/b11-4+/t23?,24-,27?/m0/s1. The predicted molar refractivity (Wildman–Crippen MR) is 148 cm³/mol. The summed E-state index contributed by atoms with van der Waals surface area (Å²) < 4.78 is 43.4. The van der Waals surface area contributed by atoms with Gasteiger partial charge in [-0.3, -0.25) is 9.78 Å². The molecule has 0 aliphatic heterocycles. The molecule has 1 aromatic heterocycles. The van der Waals surface area contributed by atoms with Crippen LogP contribution >= 0.6 is 0 Å². The van der Waals surface area contributed by atoms with Crippen LogP contribution in [0.15, 0.2) is 54.9 Å². The zero-order valence-electron chi connectivity index (χ0n) is 22.1. The minimum absolute atomic E-state index is 0.0319. The van der Waals surface area contributed by atoms with Gasteiger partial charge in [0, 0.05) is 23.4 Å². The highest BCUT2D eigenvalue weighted by Gasteiger charge is 2.45. The monoisotopic (exact) mass is 550 g/mol. The lowest BCUT2D eigenvalue weighted by molar-refractivity contribution is -0.138. The number of benzene rings is 2. The van der Waals surface area contributed by atoms with E-state index in [0.717, 1.165) is 52.0 Å². The Bertz CT molecular complexity index is 1540. The number of carboxylic acids is 1. The minimum atomic E-state index is -3.11. The fourth-order valence-corrected chi connectivity index (χ4v) is 5.99. The summed E-state index contributed by atoms with van der Waals surface area (Å²) in [6, 6.07) is 10.7. The summed E-state index contributed by atoms with van der Waals surface area (Å²) in [5, 5.41) is 12.6. The predicted octanol–water partition coefficient (Wildman–Crippen LogP) is 5.73. The van der Waals surface area contributed by atoms with Crippen LogP contribution in [0.1, 0.15) is 52.7 Å². The average Bonchev–Trinajstić information content (AvgIpc) is 3.57. The Morgan fingerprint density at radius 3 is 2.56 bits per heavy atom. The molecule has 2 N–H and O–H groups in total. The molecule has 2 aliphatic carbocycles. The summed E-state index contributed by atoms with van der Waals surface area (Å²) in [6.07, 6.45) is 7.79. The summed E-state index contributed by atoms with van der Waals surface area (Å²) in [5.74, 6) is -0.904. The fraction of sp³-hybridized carbons (Fsp3) is 0.333. The van der Waals surface area contributed by atoms with E-state index >= 15 is 4.39 Å². The third-order valence-corrected chi connectivity index (χ3v) is 8.22. The van der Waals surface area contributed by atoms with Crippen molar-refractivity contribution in [3.05, 3.63) is 88.7 Å². The van der Waals surface area contributed by atoms with Crippen molar-refractivity contribution in [1.29, 1.82) is 0 Å². The molecule has 7 nitrogen and oxygen atoms in total. The van der Waals surface area contributed by atoms with E-state index in [-0.39, 0.29) is 29.4 Å². The van der Waals surface area contributed by atoms with E-state index in [2.05, 4.69) is 10.3 Å². The Morgan fingerprint density at radius 1 is 1.21 bits per heavy atom. The highest BCUT2D eigenvalue weighted by Crippen LogP contribution is 2.47. The van der Waals surface area contributed by atoms with E-state index in [1.54, 1.807) is 6.20 Å². The number of aromatic nitrogens is 1. The molecule has 0 bridgehead atoms. The number of ether oxygens (including phenoxy) is 1. The number of aryl methyl sites for hydroxylation is 2. The number of nitrogens with one attached hydrogen (secondary N) is 1. The summed E-state index contributed by atoms with van der Waals surface area (Å²) in [5.41, 5.74) is 7.16. The summed E-state index contributed by atoms with van der Waals surface area (Å²) in [7, 11) is -3.11. The van der Waals surface area contributed by atoms with Crippen molar-refractivity contribution >= 4 is 21.5 Å². The first kappa shape index (κ1) is 26.9. The van der Waals surface area contributed by atoms with Crippen molar-refractivity contribution in [2.45, 2.75) is 45.1 Å². The third kappa shape index (κ3) is 5.83. The molecule has 1 fully saturated rings. The number of halogens is 1. The van der Waals surface area contributed by atoms with Gasteiger partial charge in [0.15, 0.2) is 9.84 Å². The number of fused-ring (bicyclic) bond motifs is 1. The van der Waals surface area contributed by atoms with E-state index in [1.165, 1.54) is 24.7 Å². The maximum atomic E-state index is 15.2. The maximum Gasteiger partial charge on any atom is 0.307 e. The van der Waals surface area contributed by atoms with Crippen molar-refractivity contribution in [2.24, 2.45) is 5.92 Å². The average molecular weight is 551 g/mol. The second kappa shape index (κ2) is 10.4. The van der Waals surface area contributed by atoms with E-state index in [1.807, 2.05) is 44.2 Å². The van der Waals surface area contributed by atoms with Crippen LogP contribution in [0.4, 0.5) is 10.1 Å². The summed E-state index contributed by atoms with van der Waals surface area (Å²) in [4.78, 5) is 15.6. The Labute approximate surface area is 227 Å². The van der Waals surface area contributed by atoms with Crippen LogP contribution in [0, 0.1) is 25.6 Å². The largest absolute Gasteiger partial charge is 0.481 e. The number of pyridine rings is 1. The van der Waals surface area contributed by atoms with Gasteiger partial charge < -0.3 is 15.2 Å². The number of hydrogen-bond acceptors (Lipinski definition) is 6. The van der Waals surface area contributed by atoms with Crippen LogP contribution in [-0.4, -0.2) is 36.5 Å². The Morgan fingerprint density at radius 2 is 1.95 bits per heavy atom. The molecular weight excluding hydrogens is 519 g/mol. The molecule has 3 atom stereocenters. The molecule has 0 radical (unpaired) electrons. The van der Waals surface area contributed by atoms with Gasteiger partial charge >= 0.3 is 5.97 Å². The van der Waals surface area contributed by atoms with E-state index in [0.29, 0.717) is 17.7 Å². The zero-order valence-corrected chi connectivity index (χ0v) is 22.9. The first-order chi connectivity index (χ1) is 18.5. The number of carbonyl (C=O) groups is 1. The number of hydrogen-bond donors (Lipinski definition) is 2. The smallest absolute Gasteiger partial charge is 0.307 e. The van der Waals surface area contributed by atoms with Crippen molar-refractivity contribution in [3.63, 3.8) is 0 Å². The lowest BCUT2D eigenvalue weighted by atomic mass is 9.90. The number of carboxylic acid groups (broad SMARTS) is 1. The number of sulfone groups is 1. The molecule has 2 aromatic carbocycles. The molecule has 3 aromatic rings. The van der Waals surface area contributed by atoms with Crippen LogP contribution < -0.4 is 10.1 Å². The van der Waals surface area contributed by atoms with Gasteiger partial charge in [0.2, 0.25) is 0 Å². The molecule has 0 spiro atoms. The Hall–Kier alpha value is -3.72. The molecule has 0 amide bonds. The van der Waals surface area contributed by atoms with Gasteiger partial charge in [-0.05, 0) is 97.3 Å². The molecule has 9 heteroatoms. The zero-order chi connectivity index (χ0) is 27.9. The lowest BCUT2D eigenvalue weighted by Crippen LogP contribution is -2.10. The second-order valence-electron chi connectivity index (χ2n) is 10.5. The van der Waals surface area contributed by atoms with Gasteiger partial charge in [0.25, 0.3) is 0 Å². The quantitative estimate of drug-likeness (QED) is 0.328. The summed E-state index contributed by atoms with van der Waals surface area (Å²) >= 11 is 0. The maximum absolute atomic E-state index is 15.2. The Balaban J connectivity index is 1.36. The van der Waals surface area contributed by atoms with E-state index in [4.69, 9.17) is 9.84 Å². The molecule has 5 rings (SSSR count). The molecule has 0 saturated heterocycles. The van der Waals surface area contributed by atoms with Crippen molar-refractivity contribution < 1.29 is 27.4 Å². The van der Waals surface area contributed by atoms with E-state index in [9.17, 15) is 13.2 Å². The Kier molecular flexibility index (Phi) is 7.20. The van der Waals surface area contributed by atoms with Crippen LogP contribution in [0.2, 0.25) is 0 Å². The first-order valence-corrected chi connectivity index (χ1v) is 15.0. The van der Waals surface area contributed by atoms with Gasteiger partial charge in [0.05, 0.1) is 35.9 Å². The topological polar surface area (TPSA) is 106 Å². The number of nitrogens with zero attached hydrogens (tertiary/aromatic N) is 1. The third-order valence-electron chi connectivity index (χ3n) is 7.43.